The summed E-state index contributed by atoms with van der Waals surface area (Å²) >= 11 is 0. The van der Waals surface area contributed by atoms with Crippen LogP contribution in [0.25, 0.3) is 94.5 Å². The minimum atomic E-state index is -0.714. The molecule has 0 spiro atoms. The van der Waals surface area contributed by atoms with Crippen LogP contribution in [0.5, 0.6) is 0 Å². The normalized spacial score (nSPS) is 15.0. The van der Waals surface area contributed by atoms with E-state index >= 15 is 0 Å². The molecular weight excluding hydrogens is 611 g/mol. The van der Waals surface area contributed by atoms with Crippen LogP contribution in [-0.4, -0.2) is 14.5 Å². The van der Waals surface area contributed by atoms with Crippen LogP contribution in [0.4, 0.5) is 0 Å². The summed E-state index contributed by atoms with van der Waals surface area (Å²) in [7, 11) is 0. The van der Waals surface area contributed by atoms with Gasteiger partial charge in [0.2, 0.25) is 0 Å². The van der Waals surface area contributed by atoms with E-state index < -0.39 is 78.2 Å². The molecule has 0 saturated heterocycles. The summed E-state index contributed by atoms with van der Waals surface area (Å²) in [5.41, 5.74) is 3.35. The molecule has 0 atom stereocenters. The van der Waals surface area contributed by atoms with Crippen molar-refractivity contribution in [3.8, 4) is 50.7 Å². The molecule has 0 aliphatic carbocycles. The monoisotopic (exact) mass is 651 g/mol. The van der Waals surface area contributed by atoms with Gasteiger partial charge in [-0.2, -0.15) is 0 Å². The summed E-state index contributed by atoms with van der Waals surface area (Å²) in [5, 5.41) is 1.30. The molecule has 0 aliphatic heterocycles. The third kappa shape index (κ3) is 4.61. The fourth-order valence-electron chi connectivity index (χ4n) is 6.48. The lowest BCUT2D eigenvalue weighted by Crippen LogP contribution is -1.97. The molecule has 7 aromatic carbocycles. The van der Waals surface area contributed by atoms with E-state index in [1.807, 2.05) is 97.1 Å². The zero-order valence-electron chi connectivity index (χ0n) is 38.1. The lowest BCUT2D eigenvalue weighted by Gasteiger charge is -2.11. The van der Waals surface area contributed by atoms with Gasteiger partial charge in [-0.25, -0.2) is 9.97 Å². The van der Waals surface area contributed by atoms with Gasteiger partial charge in [0, 0.05) is 43.9 Å². The molecule has 0 fully saturated rings. The van der Waals surface area contributed by atoms with E-state index in [0.29, 0.717) is 28.0 Å². The topological polar surface area (TPSA) is 43.9 Å². The standard InChI is InChI=1S/C46H29N3O/c1-3-13-30(14-4-1)31-15-11-16-33(27-31)46-47-40(29-41(48-46)38-22-12-21-37-36-20-8-10-24-44(36)50-45(37)38)32-25-26-43-39(28-32)35-19-7-9-23-42(35)49(43)34-17-5-2-6-18-34/h1-29H/i2D,5D,6D,7D,9D,17D,18D,19D,23D,25D,26D,28D. The van der Waals surface area contributed by atoms with Crippen molar-refractivity contribution >= 4 is 43.7 Å². The van der Waals surface area contributed by atoms with Gasteiger partial charge >= 0.3 is 0 Å². The maximum atomic E-state index is 9.84. The molecule has 3 aromatic heterocycles. The molecule has 0 aliphatic rings. The van der Waals surface area contributed by atoms with Gasteiger partial charge in [-0.3, -0.25) is 0 Å². The third-order valence-corrected chi connectivity index (χ3v) is 8.76. The van der Waals surface area contributed by atoms with Crippen LogP contribution < -0.4 is 0 Å². The van der Waals surface area contributed by atoms with E-state index in [0.717, 1.165) is 26.5 Å². The van der Waals surface area contributed by atoms with Gasteiger partial charge in [-0.15, -0.1) is 0 Å². The average Bonchev–Trinajstić information content (AvgIpc) is 3.86. The van der Waals surface area contributed by atoms with Crippen LogP contribution in [0, 0.1) is 0 Å². The quantitative estimate of drug-likeness (QED) is 0.186. The van der Waals surface area contributed by atoms with Crippen LogP contribution >= 0.6 is 0 Å². The number of fused-ring (bicyclic) bond motifs is 6. The SMILES string of the molecule is [2H]c1c([2H])c([2H])c(-n2c3c([2H])c([2H])c([2H])c([2H])c3c3c([2H])c(-c4cc(-c5cccc6c5oc5ccccc56)nc(-c5cccc(-c6ccccc6)c5)n4)c([2H])c([2H])c32)c([2H])c1[2H]. The Morgan fingerprint density at radius 2 is 1.22 bits per heavy atom. The number of furan rings is 1. The first-order chi connectivity index (χ1) is 29.8. The van der Waals surface area contributed by atoms with Gasteiger partial charge in [0.1, 0.15) is 11.2 Å². The lowest BCUT2D eigenvalue weighted by atomic mass is 10.0. The van der Waals surface area contributed by atoms with Crippen LogP contribution in [0.1, 0.15) is 16.4 Å². The Morgan fingerprint density at radius 3 is 2.14 bits per heavy atom. The van der Waals surface area contributed by atoms with Gasteiger partial charge in [0.05, 0.1) is 38.9 Å². The van der Waals surface area contributed by atoms with Crippen molar-refractivity contribution in [2.75, 3.05) is 0 Å². The second-order valence-electron chi connectivity index (χ2n) is 11.7. The molecule has 4 heteroatoms. The average molecular weight is 652 g/mol. The third-order valence-electron chi connectivity index (χ3n) is 8.76. The largest absolute Gasteiger partial charge is 0.455 e. The number of para-hydroxylation sites is 4. The van der Waals surface area contributed by atoms with Gasteiger partial charge < -0.3 is 8.98 Å². The van der Waals surface area contributed by atoms with Crippen molar-refractivity contribution < 1.29 is 20.9 Å². The molecule has 50 heavy (non-hydrogen) atoms. The molecule has 0 N–H and O–H groups in total. The number of benzene rings is 7. The van der Waals surface area contributed by atoms with Crippen LogP contribution in [0.2, 0.25) is 0 Å². The van der Waals surface area contributed by atoms with Crippen LogP contribution in [0.15, 0.2) is 180 Å². The summed E-state index contributed by atoms with van der Waals surface area (Å²) in [6.07, 6.45) is 0. The molecular formula is C46H29N3O. The first kappa shape index (κ1) is 18.7. The maximum Gasteiger partial charge on any atom is 0.160 e. The zero-order chi connectivity index (χ0) is 43.5. The second kappa shape index (κ2) is 11.4. The van der Waals surface area contributed by atoms with Crippen LogP contribution in [-0.2, 0) is 0 Å². The van der Waals surface area contributed by atoms with Crippen molar-refractivity contribution in [3.63, 3.8) is 0 Å². The van der Waals surface area contributed by atoms with E-state index in [2.05, 4.69) is 0 Å². The predicted molar refractivity (Wildman–Crippen MR) is 205 cm³/mol. The Morgan fingerprint density at radius 1 is 0.500 bits per heavy atom. The minimum absolute atomic E-state index is 0.0539. The highest BCUT2D eigenvalue weighted by Gasteiger charge is 2.18. The number of hydrogen-bond acceptors (Lipinski definition) is 3. The predicted octanol–water partition coefficient (Wildman–Crippen LogP) is 12.1. The first-order valence-electron chi connectivity index (χ1n) is 21.9. The van der Waals surface area contributed by atoms with Crippen molar-refractivity contribution in [2.45, 2.75) is 0 Å². The Labute approximate surface area is 305 Å². The molecule has 3 heterocycles. The van der Waals surface area contributed by atoms with Crippen molar-refractivity contribution in [1.29, 1.82) is 0 Å². The molecule has 10 rings (SSSR count). The van der Waals surface area contributed by atoms with Crippen molar-refractivity contribution in [1.82, 2.24) is 14.5 Å². The van der Waals surface area contributed by atoms with Gasteiger partial charge in [-0.05, 0) is 65.6 Å². The van der Waals surface area contributed by atoms with E-state index in [4.69, 9.17) is 26.7 Å². The maximum absolute atomic E-state index is 9.84. The highest BCUT2D eigenvalue weighted by molar-refractivity contribution is 6.11. The zero-order valence-corrected chi connectivity index (χ0v) is 26.1. The van der Waals surface area contributed by atoms with Gasteiger partial charge in [0.15, 0.2) is 5.82 Å². The van der Waals surface area contributed by atoms with Crippen molar-refractivity contribution in [3.05, 3.63) is 176 Å². The number of nitrogens with zero attached hydrogens (tertiary/aromatic N) is 3. The summed E-state index contributed by atoms with van der Waals surface area (Å²) in [6.45, 7) is 0. The molecule has 234 valence electrons. The van der Waals surface area contributed by atoms with E-state index in [1.54, 1.807) is 6.07 Å². The molecule has 0 radical (unpaired) electrons. The minimum Gasteiger partial charge on any atom is -0.455 e. The molecule has 4 nitrogen and oxygen atoms in total. The molecule has 0 bridgehead atoms. The van der Waals surface area contributed by atoms with Gasteiger partial charge in [-0.1, -0.05) is 121 Å². The molecule has 0 saturated carbocycles. The first-order valence-corrected chi connectivity index (χ1v) is 15.9. The van der Waals surface area contributed by atoms with Gasteiger partial charge in [0.25, 0.3) is 0 Å². The summed E-state index contributed by atoms with van der Waals surface area (Å²) in [6, 6.07) is 24.6. The summed E-state index contributed by atoms with van der Waals surface area (Å²) in [4.78, 5) is 10.00. The molecule has 10 aromatic rings. The Bertz CT molecular complexity index is 3540. The Hall–Kier alpha value is -6.78. The van der Waals surface area contributed by atoms with E-state index in [9.17, 15) is 4.11 Å². The Balaban J connectivity index is 1.33. The van der Waals surface area contributed by atoms with Crippen molar-refractivity contribution in [2.24, 2.45) is 0 Å². The highest BCUT2D eigenvalue weighted by atomic mass is 16.3. The number of aromatic nitrogens is 3. The summed E-state index contributed by atoms with van der Waals surface area (Å²) < 4.78 is 114. The number of hydrogen-bond donors (Lipinski definition) is 0. The highest BCUT2D eigenvalue weighted by Crippen LogP contribution is 2.39. The van der Waals surface area contributed by atoms with Crippen LogP contribution in [0.3, 0.4) is 0 Å². The smallest absolute Gasteiger partial charge is 0.160 e. The Kier molecular flexibility index (Phi) is 4.27. The molecule has 0 unspecified atom stereocenters. The fourth-order valence-corrected chi connectivity index (χ4v) is 6.48. The molecule has 0 amide bonds. The summed E-state index contributed by atoms with van der Waals surface area (Å²) in [5.74, 6) is 0.220. The number of rotatable bonds is 5. The fraction of sp³-hybridized carbons (Fsp3) is 0. The second-order valence-corrected chi connectivity index (χ2v) is 11.7. The van der Waals surface area contributed by atoms with E-state index in [-0.39, 0.29) is 38.9 Å². The van der Waals surface area contributed by atoms with E-state index in [1.165, 1.54) is 0 Å². The lowest BCUT2D eigenvalue weighted by molar-refractivity contribution is 0.670.